The van der Waals surface area contributed by atoms with Gasteiger partial charge in [0.05, 0.1) is 5.54 Å². The van der Waals surface area contributed by atoms with Gasteiger partial charge in [0.15, 0.2) is 5.78 Å². The first kappa shape index (κ1) is 13.8. The Morgan fingerprint density at radius 3 is 2.37 bits per heavy atom. The maximum Gasteiger partial charge on any atom is 0.185 e. The van der Waals surface area contributed by atoms with E-state index in [0.717, 1.165) is 36.0 Å². The monoisotopic (exact) mass is 341 g/mol. The molecule has 0 aromatic carbocycles. The van der Waals surface area contributed by atoms with Crippen LogP contribution in [0.25, 0.3) is 0 Å². The number of hydrogen-bond donors (Lipinski definition) is 0. The minimum Gasteiger partial charge on any atom is -0.292 e. The Labute approximate surface area is 127 Å². The van der Waals surface area contributed by atoms with Crippen molar-refractivity contribution < 1.29 is 4.79 Å². The molecule has 0 unspecified atom stereocenters. The number of piperidine rings is 1. The van der Waals surface area contributed by atoms with Crippen LogP contribution < -0.4 is 0 Å². The highest BCUT2D eigenvalue weighted by Crippen LogP contribution is 2.41. The van der Waals surface area contributed by atoms with E-state index in [0.29, 0.717) is 5.78 Å². The molecule has 0 bridgehead atoms. The summed E-state index contributed by atoms with van der Waals surface area (Å²) in [4.78, 5) is 15.6. The van der Waals surface area contributed by atoms with Gasteiger partial charge in [-0.15, -0.1) is 0 Å². The van der Waals surface area contributed by atoms with Gasteiger partial charge in [0.25, 0.3) is 0 Å². The Bertz CT molecular complexity index is 458. The number of Topliss-reactive ketones (excluding diaryl/α,β-unsaturated/α-hetero) is 1. The minimum atomic E-state index is -0.190. The molecule has 1 saturated carbocycles. The van der Waals surface area contributed by atoms with Gasteiger partial charge in [0, 0.05) is 20.8 Å². The van der Waals surface area contributed by atoms with Crippen LogP contribution in [0.2, 0.25) is 0 Å². The van der Waals surface area contributed by atoms with Crippen molar-refractivity contribution in [2.75, 3.05) is 13.1 Å². The number of rotatable bonds is 3. The van der Waals surface area contributed by atoms with E-state index in [-0.39, 0.29) is 5.54 Å². The van der Waals surface area contributed by atoms with Gasteiger partial charge in [-0.25, -0.2) is 0 Å². The van der Waals surface area contributed by atoms with Crippen molar-refractivity contribution in [2.45, 2.75) is 50.5 Å². The third kappa shape index (κ3) is 2.43. The van der Waals surface area contributed by atoms with Gasteiger partial charge in [-0.3, -0.25) is 9.69 Å². The molecule has 1 aromatic heterocycles. The first-order valence-corrected chi connectivity index (χ1v) is 8.99. The third-order valence-electron chi connectivity index (χ3n) is 4.67. The first-order chi connectivity index (χ1) is 9.24. The molecule has 2 nitrogen and oxygen atoms in total. The van der Waals surface area contributed by atoms with Crippen LogP contribution in [0.4, 0.5) is 0 Å². The predicted molar refractivity (Wildman–Crippen MR) is 83.0 cm³/mol. The molecule has 0 amide bonds. The summed E-state index contributed by atoms with van der Waals surface area (Å²) in [5, 5.41) is 4.03. The van der Waals surface area contributed by atoms with Crippen LogP contribution in [0.3, 0.4) is 0 Å². The number of nitrogens with zero attached hydrogens (tertiary/aromatic N) is 1. The van der Waals surface area contributed by atoms with Crippen molar-refractivity contribution >= 4 is 33.0 Å². The second-order valence-electron chi connectivity index (χ2n) is 5.75. The number of thiophene rings is 1. The van der Waals surface area contributed by atoms with Gasteiger partial charge in [-0.2, -0.15) is 11.3 Å². The zero-order valence-corrected chi connectivity index (χ0v) is 13.6. The fourth-order valence-corrected chi connectivity index (χ4v) is 5.12. The number of carbonyl (C=O) groups is 1. The predicted octanol–water partition coefficient (Wildman–Crippen LogP) is 4.49. The first-order valence-electron chi connectivity index (χ1n) is 7.26. The molecule has 1 aliphatic carbocycles. The lowest BCUT2D eigenvalue weighted by atomic mass is 9.85. The molecule has 0 atom stereocenters. The standard InChI is InChI=1S/C15H20BrNOS/c16-13-11-19-10-12(13)14(18)15(6-2-3-7-15)17-8-4-1-5-9-17/h10-11H,1-9H2. The second kappa shape index (κ2) is 5.66. The van der Waals surface area contributed by atoms with Crippen LogP contribution in [0.5, 0.6) is 0 Å². The van der Waals surface area contributed by atoms with E-state index in [1.807, 2.05) is 10.8 Å². The quantitative estimate of drug-likeness (QED) is 0.754. The van der Waals surface area contributed by atoms with Gasteiger partial charge >= 0.3 is 0 Å². The molecule has 2 aliphatic rings. The largest absolute Gasteiger partial charge is 0.292 e. The maximum absolute atomic E-state index is 13.1. The Balaban J connectivity index is 1.91. The number of hydrogen-bond acceptors (Lipinski definition) is 3. The molecule has 19 heavy (non-hydrogen) atoms. The summed E-state index contributed by atoms with van der Waals surface area (Å²) in [7, 11) is 0. The fraction of sp³-hybridized carbons (Fsp3) is 0.667. The topological polar surface area (TPSA) is 20.3 Å². The summed E-state index contributed by atoms with van der Waals surface area (Å²) >= 11 is 5.15. The van der Waals surface area contributed by atoms with Gasteiger partial charge in [-0.05, 0) is 54.7 Å². The minimum absolute atomic E-state index is 0.190. The summed E-state index contributed by atoms with van der Waals surface area (Å²) < 4.78 is 0.978. The number of likely N-dealkylation sites (tertiary alicyclic amines) is 1. The third-order valence-corrected chi connectivity index (χ3v) is 6.38. The molecule has 4 heteroatoms. The zero-order valence-electron chi connectivity index (χ0n) is 11.2. The molecule has 2 fully saturated rings. The molecule has 0 N–H and O–H groups in total. The van der Waals surface area contributed by atoms with Crippen LogP contribution in [0.1, 0.15) is 55.3 Å². The van der Waals surface area contributed by atoms with E-state index >= 15 is 0 Å². The SMILES string of the molecule is O=C(c1cscc1Br)C1(N2CCCCC2)CCCC1. The van der Waals surface area contributed by atoms with E-state index < -0.39 is 0 Å². The highest BCUT2D eigenvalue weighted by molar-refractivity contribution is 9.10. The summed E-state index contributed by atoms with van der Waals surface area (Å²) in [5.41, 5.74) is 0.710. The number of ketones is 1. The molecule has 2 heterocycles. The zero-order chi connectivity index (χ0) is 13.3. The highest BCUT2D eigenvalue weighted by Gasteiger charge is 2.46. The van der Waals surface area contributed by atoms with Crippen molar-refractivity contribution in [3.05, 3.63) is 20.8 Å². The Kier molecular flexibility index (Phi) is 4.11. The normalized spacial score (nSPS) is 23.6. The molecular weight excluding hydrogens is 322 g/mol. The molecular formula is C15H20BrNOS. The lowest BCUT2D eigenvalue weighted by Crippen LogP contribution is -2.54. The Morgan fingerprint density at radius 1 is 1.11 bits per heavy atom. The van der Waals surface area contributed by atoms with Crippen LogP contribution in [-0.4, -0.2) is 29.3 Å². The van der Waals surface area contributed by atoms with E-state index in [4.69, 9.17) is 0 Å². The van der Waals surface area contributed by atoms with Crippen molar-refractivity contribution in [1.82, 2.24) is 4.90 Å². The fourth-order valence-electron chi connectivity index (χ4n) is 3.66. The summed E-state index contributed by atoms with van der Waals surface area (Å²) in [5.74, 6) is 0.361. The van der Waals surface area contributed by atoms with Gasteiger partial charge in [0.2, 0.25) is 0 Å². The summed E-state index contributed by atoms with van der Waals surface area (Å²) in [6, 6.07) is 0. The van der Waals surface area contributed by atoms with Crippen molar-refractivity contribution in [3.63, 3.8) is 0 Å². The molecule has 1 aliphatic heterocycles. The van der Waals surface area contributed by atoms with E-state index in [9.17, 15) is 4.79 Å². The number of halogens is 1. The van der Waals surface area contributed by atoms with Crippen LogP contribution >= 0.6 is 27.3 Å². The maximum atomic E-state index is 13.1. The lowest BCUT2D eigenvalue weighted by Gasteiger charge is -2.42. The Morgan fingerprint density at radius 2 is 1.79 bits per heavy atom. The van der Waals surface area contributed by atoms with Crippen molar-refractivity contribution in [1.29, 1.82) is 0 Å². The lowest BCUT2D eigenvalue weighted by molar-refractivity contribution is 0.0477. The average Bonchev–Trinajstić information content (AvgIpc) is 3.08. The van der Waals surface area contributed by atoms with Crippen molar-refractivity contribution in [2.24, 2.45) is 0 Å². The second-order valence-corrected chi connectivity index (χ2v) is 7.35. The van der Waals surface area contributed by atoms with Crippen LogP contribution in [0, 0.1) is 0 Å². The molecule has 0 radical (unpaired) electrons. The van der Waals surface area contributed by atoms with Crippen molar-refractivity contribution in [3.8, 4) is 0 Å². The van der Waals surface area contributed by atoms with Gasteiger partial charge < -0.3 is 0 Å². The summed E-state index contributed by atoms with van der Waals surface area (Å²) in [6.07, 6.45) is 8.32. The van der Waals surface area contributed by atoms with E-state index in [2.05, 4.69) is 20.8 Å². The number of carbonyl (C=O) groups excluding carboxylic acids is 1. The molecule has 3 rings (SSSR count). The Hall–Kier alpha value is -0.190. The average molecular weight is 342 g/mol. The van der Waals surface area contributed by atoms with Gasteiger partial charge in [-0.1, -0.05) is 19.3 Å². The van der Waals surface area contributed by atoms with Crippen LogP contribution in [-0.2, 0) is 0 Å². The molecule has 104 valence electrons. The van der Waals surface area contributed by atoms with E-state index in [1.54, 1.807) is 11.3 Å². The molecule has 1 saturated heterocycles. The van der Waals surface area contributed by atoms with Gasteiger partial charge in [0.1, 0.15) is 0 Å². The van der Waals surface area contributed by atoms with Crippen LogP contribution in [0.15, 0.2) is 15.2 Å². The van der Waals surface area contributed by atoms with E-state index in [1.165, 1.54) is 32.1 Å². The molecule has 0 spiro atoms. The highest BCUT2D eigenvalue weighted by atomic mass is 79.9. The summed E-state index contributed by atoms with van der Waals surface area (Å²) in [6.45, 7) is 2.21. The smallest absolute Gasteiger partial charge is 0.185 e. The molecule has 1 aromatic rings.